The first-order valence-electron chi connectivity index (χ1n) is 4.64. The number of aromatic nitrogens is 1. The van der Waals surface area contributed by atoms with Crippen molar-refractivity contribution < 1.29 is 9.59 Å². The Labute approximate surface area is 86.9 Å². The van der Waals surface area contributed by atoms with E-state index in [2.05, 4.69) is 15.6 Å². The third-order valence-corrected chi connectivity index (χ3v) is 2.43. The van der Waals surface area contributed by atoms with Crippen molar-refractivity contribution in [3.05, 3.63) is 30.1 Å². The molecule has 1 aromatic rings. The smallest absolute Gasteiger partial charge is 0.310 e. The monoisotopic (exact) mass is 205 g/mol. The summed E-state index contributed by atoms with van der Waals surface area (Å²) in [4.78, 5) is 26.4. The van der Waals surface area contributed by atoms with Gasteiger partial charge in [-0.2, -0.15) is 0 Å². The molecule has 1 aromatic heterocycles. The standard InChI is InChI=1S/C10H11N3O2/c1-10(7-4-2-3-5-11-7)6-12-8(14)9(15)13-10/h2-5H,6H2,1H3,(H,12,14)(H,13,15). The van der Waals surface area contributed by atoms with Crippen LogP contribution in [0.25, 0.3) is 0 Å². The van der Waals surface area contributed by atoms with E-state index in [1.807, 2.05) is 19.1 Å². The van der Waals surface area contributed by atoms with Crippen molar-refractivity contribution in [3.8, 4) is 0 Å². The number of rotatable bonds is 1. The summed E-state index contributed by atoms with van der Waals surface area (Å²) in [5.74, 6) is -1.21. The second-order valence-corrected chi connectivity index (χ2v) is 3.68. The van der Waals surface area contributed by atoms with Crippen molar-refractivity contribution in [1.29, 1.82) is 0 Å². The third-order valence-electron chi connectivity index (χ3n) is 2.43. The van der Waals surface area contributed by atoms with Crippen molar-refractivity contribution in [1.82, 2.24) is 15.6 Å². The predicted molar refractivity (Wildman–Crippen MR) is 52.7 cm³/mol. The molecule has 5 heteroatoms. The van der Waals surface area contributed by atoms with Gasteiger partial charge < -0.3 is 10.6 Å². The van der Waals surface area contributed by atoms with Crippen molar-refractivity contribution >= 4 is 11.8 Å². The molecule has 1 saturated heterocycles. The van der Waals surface area contributed by atoms with Crippen LogP contribution >= 0.6 is 0 Å². The maximum absolute atomic E-state index is 11.2. The fourth-order valence-electron chi connectivity index (χ4n) is 1.53. The van der Waals surface area contributed by atoms with E-state index >= 15 is 0 Å². The summed E-state index contributed by atoms with van der Waals surface area (Å²) in [6.45, 7) is 2.18. The Bertz CT molecular complexity index is 404. The highest BCUT2D eigenvalue weighted by Crippen LogP contribution is 2.18. The van der Waals surface area contributed by atoms with Gasteiger partial charge in [0.2, 0.25) is 0 Å². The van der Waals surface area contributed by atoms with Gasteiger partial charge in [-0.05, 0) is 19.1 Å². The van der Waals surface area contributed by atoms with Crippen LogP contribution in [0.1, 0.15) is 12.6 Å². The van der Waals surface area contributed by atoms with Crippen LogP contribution < -0.4 is 10.6 Å². The molecule has 2 amide bonds. The molecule has 5 nitrogen and oxygen atoms in total. The summed E-state index contributed by atoms with van der Waals surface area (Å²) in [5.41, 5.74) is 0.116. The summed E-state index contributed by atoms with van der Waals surface area (Å²) in [6, 6.07) is 5.46. The molecule has 1 fully saturated rings. The van der Waals surface area contributed by atoms with Crippen LogP contribution in [0.4, 0.5) is 0 Å². The van der Waals surface area contributed by atoms with Gasteiger partial charge in [0, 0.05) is 12.7 Å². The van der Waals surface area contributed by atoms with Crippen molar-refractivity contribution in [3.63, 3.8) is 0 Å². The number of hydrogen-bond donors (Lipinski definition) is 2. The molecule has 1 unspecified atom stereocenters. The van der Waals surface area contributed by atoms with Crippen molar-refractivity contribution in [2.24, 2.45) is 0 Å². The van der Waals surface area contributed by atoms with Gasteiger partial charge in [-0.25, -0.2) is 0 Å². The molecule has 2 rings (SSSR count). The van der Waals surface area contributed by atoms with Gasteiger partial charge in [0.1, 0.15) is 0 Å². The first-order valence-corrected chi connectivity index (χ1v) is 4.64. The molecule has 0 aliphatic carbocycles. The first-order chi connectivity index (χ1) is 7.12. The van der Waals surface area contributed by atoms with Crippen LogP contribution in [-0.2, 0) is 15.1 Å². The lowest BCUT2D eigenvalue weighted by Gasteiger charge is -2.33. The number of pyridine rings is 1. The minimum Gasteiger partial charge on any atom is -0.345 e. The van der Waals surface area contributed by atoms with Crippen LogP contribution in [0.5, 0.6) is 0 Å². The number of hydrogen-bond acceptors (Lipinski definition) is 3. The largest absolute Gasteiger partial charge is 0.345 e. The topological polar surface area (TPSA) is 71.1 Å². The fraction of sp³-hybridized carbons (Fsp3) is 0.300. The minimum absolute atomic E-state index is 0.356. The van der Waals surface area contributed by atoms with E-state index in [-0.39, 0.29) is 0 Å². The van der Waals surface area contributed by atoms with E-state index < -0.39 is 17.4 Å². The van der Waals surface area contributed by atoms with Crippen LogP contribution in [0, 0.1) is 0 Å². The van der Waals surface area contributed by atoms with E-state index in [9.17, 15) is 9.59 Å². The molecular formula is C10H11N3O2. The summed E-state index contributed by atoms with van der Waals surface area (Å²) in [5, 5.41) is 5.18. The predicted octanol–water partition coefficient (Wildman–Crippen LogP) is -0.457. The van der Waals surface area contributed by atoms with Crippen molar-refractivity contribution in [2.75, 3.05) is 6.54 Å². The molecule has 0 aromatic carbocycles. The summed E-state index contributed by atoms with van der Waals surface area (Å²) in [6.07, 6.45) is 1.66. The van der Waals surface area contributed by atoms with Crippen LogP contribution in [0.15, 0.2) is 24.4 Å². The number of piperazine rings is 1. The molecule has 0 saturated carbocycles. The van der Waals surface area contributed by atoms with E-state index in [1.54, 1.807) is 12.3 Å². The average Bonchev–Trinajstić information content (AvgIpc) is 2.26. The Kier molecular flexibility index (Phi) is 2.15. The molecule has 1 atom stereocenters. The highest BCUT2D eigenvalue weighted by molar-refractivity contribution is 6.35. The molecule has 0 spiro atoms. The number of nitrogens with zero attached hydrogens (tertiary/aromatic N) is 1. The lowest BCUT2D eigenvalue weighted by atomic mass is 9.95. The number of nitrogens with one attached hydrogen (secondary N) is 2. The van der Waals surface area contributed by atoms with Crippen molar-refractivity contribution in [2.45, 2.75) is 12.5 Å². The summed E-state index contributed by atoms with van der Waals surface area (Å²) < 4.78 is 0. The Morgan fingerprint density at radius 1 is 1.33 bits per heavy atom. The second-order valence-electron chi connectivity index (χ2n) is 3.68. The van der Waals surface area contributed by atoms with Crippen LogP contribution in [0.2, 0.25) is 0 Å². The molecule has 1 aliphatic heterocycles. The van der Waals surface area contributed by atoms with Gasteiger partial charge >= 0.3 is 11.8 Å². The molecule has 78 valence electrons. The highest BCUT2D eigenvalue weighted by atomic mass is 16.2. The van der Waals surface area contributed by atoms with Gasteiger partial charge in [0.25, 0.3) is 0 Å². The Morgan fingerprint density at radius 3 is 2.73 bits per heavy atom. The van der Waals surface area contributed by atoms with E-state index in [1.165, 1.54) is 0 Å². The molecular weight excluding hydrogens is 194 g/mol. The highest BCUT2D eigenvalue weighted by Gasteiger charge is 2.36. The van der Waals surface area contributed by atoms with Gasteiger partial charge in [-0.1, -0.05) is 6.07 Å². The number of carbonyl (C=O) groups excluding carboxylic acids is 2. The molecule has 15 heavy (non-hydrogen) atoms. The normalized spacial score (nSPS) is 25.7. The number of carbonyl (C=O) groups is 2. The summed E-state index contributed by atoms with van der Waals surface area (Å²) >= 11 is 0. The second kappa shape index (κ2) is 3.34. The molecule has 0 bridgehead atoms. The Hall–Kier alpha value is -1.91. The average molecular weight is 205 g/mol. The van der Waals surface area contributed by atoms with Crippen LogP contribution in [0.3, 0.4) is 0 Å². The fourth-order valence-corrected chi connectivity index (χ4v) is 1.53. The van der Waals surface area contributed by atoms with E-state index in [4.69, 9.17) is 0 Å². The molecule has 1 aliphatic rings. The molecule has 0 radical (unpaired) electrons. The number of amides is 2. The lowest BCUT2D eigenvalue weighted by Crippen LogP contribution is -2.61. The third kappa shape index (κ3) is 1.68. The molecule has 2 heterocycles. The van der Waals surface area contributed by atoms with Gasteiger partial charge in [0.15, 0.2) is 0 Å². The van der Waals surface area contributed by atoms with E-state index in [0.29, 0.717) is 6.54 Å². The zero-order valence-electron chi connectivity index (χ0n) is 8.28. The van der Waals surface area contributed by atoms with Crippen LogP contribution in [-0.4, -0.2) is 23.3 Å². The van der Waals surface area contributed by atoms with Gasteiger partial charge in [-0.15, -0.1) is 0 Å². The summed E-state index contributed by atoms with van der Waals surface area (Å²) in [7, 11) is 0. The van der Waals surface area contributed by atoms with E-state index in [0.717, 1.165) is 5.69 Å². The maximum atomic E-state index is 11.2. The van der Waals surface area contributed by atoms with Gasteiger partial charge in [0.05, 0.1) is 11.2 Å². The zero-order chi connectivity index (χ0) is 10.9. The minimum atomic E-state index is -0.619. The first kappa shape index (κ1) is 9.64. The maximum Gasteiger partial charge on any atom is 0.310 e. The Morgan fingerprint density at radius 2 is 2.13 bits per heavy atom. The lowest BCUT2D eigenvalue weighted by molar-refractivity contribution is -0.142. The zero-order valence-corrected chi connectivity index (χ0v) is 8.28. The SMILES string of the molecule is CC1(c2ccccn2)CNC(=O)C(=O)N1. The Balaban J connectivity index is 2.29. The quantitative estimate of drug-likeness (QED) is 0.609. The molecule has 2 N–H and O–H groups in total. The van der Waals surface area contributed by atoms with Gasteiger partial charge in [-0.3, -0.25) is 14.6 Å².